The topological polar surface area (TPSA) is 57.8 Å². The smallest absolute Gasteiger partial charge is 0.255 e. The van der Waals surface area contributed by atoms with E-state index in [9.17, 15) is 4.79 Å². The van der Waals surface area contributed by atoms with Crippen molar-refractivity contribution in [2.45, 2.75) is 6.42 Å². The molecule has 0 saturated heterocycles. The fourth-order valence-corrected chi connectivity index (χ4v) is 2.88. The first-order valence-electron chi connectivity index (χ1n) is 8.16. The molecule has 1 amide bonds. The second-order valence-electron chi connectivity index (χ2n) is 5.91. The summed E-state index contributed by atoms with van der Waals surface area (Å²) in [6, 6.07) is 21.2. The summed E-state index contributed by atoms with van der Waals surface area (Å²) in [5, 5.41) is 4.06. The Morgan fingerprint density at radius 1 is 0.960 bits per heavy atom. The summed E-state index contributed by atoms with van der Waals surface area (Å²) in [4.78, 5) is 19.7. The number of fused-ring (bicyclic) bond motifs is 1. The van der Waals surface area contributed by atoms with Gasteiger partial charge in [0.05, 0.1) is 0 Å². The molecular weight excluding hydrogens is 310 g/mol. The van der Waals surface area contributed by atoms with E-state index < -0.39 is 0 Å². The Morgan fingerprint density at radius 3 is 2.56 bits per heavy atom. The van der Waals surface area contributed by atoms with Crippen molar-refractivity contribution >= 4 is 22.6 Å². The van der Waals surface area contributed by atoms with Gasteiger partial charge in [0.1, 0.15) is 5.65 Å². The van der Waals surface area contributed by atoms with Gasteiger partial charge < -0.3 is 10.3 Å². The minimum atomic E-state index is -0.101. The van der Waals surface area contributed by atoms with Gasteiger partial charge in [-0.1, -0.05) is 30.3 Å². The molecule has 4 nitrogen and oxygen atoms in total. The van der Waals surface area contributed by atoms with Crippen molar-refractivity contribution in [2.75, 3.05) is 5.32 Å². The fourth-order valence-electron chi connectivity index (χ4n) is 2.88. The fraction of sp³-hybridized carbons (Fsp3) is 0.0476. The van der Waals surface area contributed by atoms with Crippen LogP contribution in [0.3, 0.4) is 0 Å². The highest BCUT2D eigenvalue weighted by Crippen LogP contribution is 2.20. The number of aromatic nitrogens is 2. The molecule has 2 heterocycles. The monoisotopic (exact) mass is 327 g/mol. The number of aromatic amines is 1. The maximum Gasteiger partial charge on any atom is 0.255 e. The van der Waals surface area contributed by atoms with Gasteiger partial charge in [0.2, 0.25) is 0 Å². The van der Waals surface area contributed by atoms with Crippen molar-refractivity contribution in [3.05, 3.63) is 95.8 Å². The maximum absolute atomic E-state index is 12.2. The highest BCUT2D eigenvalue weighted by Gasteiger charge is 2.07. The SMILES string of the molecule is O=C(Nc1ccc(Cc2c[nH]c3ncccc23)cc1)c1ccccc1. The van der Waals surface area contributed by atoms with Gasteiger partial charge in [-0.25, -0.2) is 4.98 Å². The molecule has 0 aliphatic rings. The molecule has 0 aliphatic carbocycles. The summed E-state index contributed by atoms with van der Waals surface area (Å²) in [7, 11) is 0. The molecular formula is C21H17N3O. The number of anilines is 1. The molecule has 122 valence electrons. The first kappa shape index (κ1) is 15.1. The zero-order valence-electron chi connectivity index (χ0n) is 13.6. The van der Waals surface area contributed by atoms with Crippen LogP contribution in [0, 0.1) is 0 Å². The maximum atomic E-state index is 12.2. The normalized spacial score (nSPS) is 10.7. The second-order valence-corrected chi connectivity index (χ2v) is 5.91. The third-order valence-electron chi connectivity index (χ3n) is 4.18. The Hall–Kier alpha value is -3.40. The summed E-state index contributed by atoms with van der Waals surface area (Å²) in [5.74, 6) is -0.101. The Kier molecular flexibility index (Phi) is 4.01. The van der Waals surface area contributed by atoms with Crippen molar-refractivity contribution in [1.82, 2.24) is 9.97 Å². The number of hydrogen-bond acceptors (Lipinski definition) is 2. The van der Waals surface area contributed by atoms with Crippen LogP contribution >= 0.6 is 0 Å². The number of nitrogens with zero attached hydrogens (tertiary/aromatic N) is 1. The van der Waals surface area contributed by atoms with Crippen LogP contribution in [0.15, 0.2) is 79.1 Å². The van der Waals surface area contributed by atoms with E-state index in [4.69, 9.17) is 0 Å². The molecule has 4 aromatic rings. The van der Waals surface area contributed by atoms with Gasteiger partial charge in [-0.05, 0) is 53.9 Å². The van der Waals surface area contributed by atoms with Crippen LogP contribution in [0.1, 0.15) is 21.5 Å². The Bertz CT molecular complexity index is 1000. The van der Waals surface area contributed by atoms with E-state index in [0.29, 0.717) is 5.56 Å². The number of benzene rings is 2. The van der Waals surface area contributed by atoms with Crippen LogP contribution in [-0.2, 0) is 6.42 Å². The number of carbonyl (C=O) groups is 1. The van der Waals surface area contributed by atoms with Crippen LogP contribution in [0.25, 0.3) is 11.0 Å². The number of rotatable bonds is 4. The van der Waals surface area contributed by atoms with E-state index in [1.807, 2.05) is 54.7 Å². The van der Waals surface area contributed by atoms with Gasteiger partial charge in [-0.15, -0.1) is 0 Å². The number of amides is 1. The van der Waals surface area contributed by atoms with Crippen molar-refractivity contribution in [1.29, 1.82) is 0 Å². The van der Waals surface area contributed by atoms with E-state index >= 15 is 0 Å². The molecule has 4 rings (SSSR count). The molecule has 0 spiro atoms. The number of H-pyrrole nitrogens is 1. The van der Waals surface area contributed by atoms with E-state index in [0.717, 1.165) is 23.1 Å². The van der Waals surface area contributed by atoms with Gasteiger partial charge >= 0.3 is 0 Å². The first-order valence-corrected chi connectivity index (χ1v) is 8.16. The van der Waals surface area contributed by atoms with E-state index in [1.165, 1.54) is 11.1 Å². The number of nitrogens with one attached hydrogen (secondary N) is 2. The van der Waals surface area contributed by atoms with E-state index in [1.54, 1.807) is 18.3 Å². The predicted octanol–water partition coefficient (Wildman–Crippen LogP) is 4.41. The lowest BCUT2D eigenvalue weighted by molar-refractivity contribution is 0.102. The molecule has 0 unspecified atom stereocenters. The van der Waals surface area contributed by atoms with Gasteiger partial charge in [0, 0.05) is 29.0 Å². The predicted molar refractivity (Wildman–Crippen MR) is 99.7 cm³/mol. The lowest BCUT2D eigenvalue weighted by Gasteiger charge is -2.06. The van der Waals surface area contributed by atoms with Crippen LogP contribution in [0.5, 0.6) is 0 Å². The molecule has 0 bridgehead atoms. The van der Waals surface area contributed by atoms with Gasteiger partial charge in [0.15, 0.2) is 0 Å². The molecule has 4 heteroatoms. The zero-order chi connectivity index (χ0) is 17.1. The minimum absolute atomic E-state index is 0.101. The van der Waals surface area contributed by atoms with Crippen molar-refractivity contribution < 1.29 is 4.79 Å². The van der Waals surface area contributed by atoms with Crippen LogP contribution in [0.2, 0.25) is 0 Å². The van der Waals surface area contributed by atoms with Crippen LogP contribution in [-0.4, -0.2) is 15.9 Å². The van der Waals surface area contributed by atoms with Gasteiger partial charge in [-0.2, -0.15) is 0 Å². The Balaban J connectivity index is 1.48. The molecule has 0 aliphatic heterocycles. The van der Waals surface area contributed by atoms with Crippen LogP contribution in [0.4, 0.5) is 5.69 Å². The Labute approximate surface area is 145 Å². The van der Waals surface area contributed by atoms with Gasteiger partial charge in [0.25, 0.3) is 5.91 Å². The molecule has 2 aromatic carbocycles. The lowest BCUT2D eigenvalue weighted by atomic mass is 10.0. The molecule has 2 N–H and O–H groups in total. The largest absolute Gasteiger partial charge is 0.346 e. The third-order valence-corrected chi connectivity index (χ3v) is 4.18. The molecule has 0 fully saturated rings. The molecule has 0 atom stereocenters. The molecule has 2 aromatic heterocycles. The van der Waals surface area contributed by atoms with Crippen LogP contribution < -0.4 is 5.32 Å². The van der Waals surface area contributed by atoms with Gasteiger partial charge in [-0.3, -0.25) is 4.79 Å². The van der Waals surface area contributed by atoms with E-state index in [-0.39, 0.29) is 5.91 Å². The second kappa shape index (κ2) is 6.61. The number of carbonyl (C=O) groups excluding carboxylic acids is 1. The summed E-state index contributed by atoms with van der Waals surface area (Å²) < 4.78 is 0. The minimum Gasteiger partial charge on any atom is -0.346 e. The highest BCUT2D eigenvalue weighted by molar-refractivity contribution is 6.04. The highest BCUT2D eigenvalue weighted by atomic mass is 16.1. The molecule has 25 heavy (non-hydrogen) atoms. The Morgan fingerprint density at radius 2 is 1.76 bits per heavy atom. The summed E-state index contributed by atoms with van der Waals surface area (Å²) in [6.07, 6.45) is 4.61. The third kappa shape index (κ3) is 3.28. The van der Waals surface area contributed by atoms with Crippen molar-refractivity contribution in [3.8, 4) is 0 Å². The zero-order valence-corrected chi connectivity index (χ0v) is 13.6. The molecule has 0 saturated carbocycles. The summed E-state index contributed by atoms with van der Waals surface area (Å²) in [6.45, 7) is 0. The average molecular weight is 327 g/mol. The van der Waals surface area contributed by atoms with E-state index in [2.05, 4.69) is 21.4 Å². The summed E-state index contributed by atoms with van der Waals surface area (Å²) in [5.41, 5.74) is 4.74. The number of hydrogen-bond donors (Lipinski definition) is 2. The first-order chi connectivity index (χ1) is 12.3. The summed E-state index contributed by atoms with van der Waals surface area (Å²) >= 11 is 0. The lowest BCUT2D eigenvalue weighted by Crippen LogP contribution is -2.11. The quantitative estimate of drug-likeness (QED) is 0.583. The van der Waals surface area contributed by atoms with Crippen molar-refractivity contribution in [2.24, 2.45) is 0 Å². The number of pyridine rings is 1. The average Bonchev–Trinajstić information content (AvgIpc) is 3.07. The standard InChI is InChI=1S/C21H17N3O/c25-21(16-5-2-1-3-6-16)24-18-10-8-15(9-11-18)13-17-14-23-20-19(17)7-4-12-22-20/h1-12,14H,13H2,(H,22,23)(H,24,25). The van der Waals surface area contributed by atoms with Crippen molar-refractivity contribution in [3.63, 3.8) is 0 Å². The molecule has 0 radical (unpaired) electrons.